The maximum absolute atomic E-state index is 5.32. The van der Waals surface area contributed by atoms with Gasteiger partial charge in [-0.3, -0.25) is 0 Å². The lowest BCUT2D eigenvalue weighted by Crippen LogP contribution is -1.88. The van der Waals surface area contributed by atoms with E-state index < -0.39 is 0 Å². The molecule has 0 aliphatic heterocycles. The molecular formula is C13H14O. The molecule has 0 saturated heterocycles. The van der Waals surface area contributed by atoms with Crippen LogP contribution in [0.2, 0.25) is 0 Å². The first-order valence-corrected chi connectivity index (χ1v) is 4.83. The standard InChI is InChI=1S/C13H14O/c1-10-6-11(2)8-12(7-10)9-13-4-3-5-14-13/h3-8H,9H2,1-2H3. The summed E-state index contributed by atoms with van der Waals surface area (Å²) in [4.78, 5) is 0. The molecule has 1 heteroatoms. The second-order valence-corrected chi connectivity index (χ2v) is 3.75. The summed E-state index contributed by atoms with van der Waals surface area (Å²) in [6.45, 7) is 4.25. The summed E-state index contributed by atoms with van der Waals surface area (Å²) < 4.78 is 5.32. The molecule has 14 heavy (non-hydrogen) atoms. The normalized spacial score (nSPS) is 10.4. The zero-order valence-corrected chi connectivity index (χ0v) is 8.58. The fraction of sp³-hybridized carbons (Fsp3) is 0.231. The van der Waals surface area contributed by atoms with E-state index >= 15 is 0 Å². The Balaban J connectivity index is 2.25. The lowest BCUT2D eigenvalue weighted by Gasteiger charge is -2.02. The fourth-order valence-electron chi connectivity index (χ4n) is 1.79. The summed E-state index contributed by atoms with van der Waals surface area (Å²) in [5.41, 5.74) is 3.94. The highest BCUT2D eigenvalue weighted by atomic mass is 16.3. The number of hydrogen-bond acceptors (Lipinski definition) is 1. The number of hydrogen-bond donors (Lipinski definition) is 0. The van der Waals surface area contributed by atoms with Crippen molar-refractivity contribution in [3.8, 4) is 0 Å². The highest BCUT2D eigenvalue weighted by Gasteiger charge is 1.99. The monoisotopic (exact) mass is 186 g/mol. The average Bonchev–Trinajstić information content (AvgIpc) is 2.54. The average molecular weight is 186 g/mol. The molecule has 0 spiro atoms. The fourth-order valence-corrected chi connectivity index (χ4v) is 1.79. The summed E-state index contributed by atoms with van der Waals surface area (Å²) >= 11 is 0. The lowest BCUT2D eigenvalue weighted by molar-refractivity contribution is 0.521. The highest BCUT2D eigenvalue weighted by molar-refractivity contribution is 5.30. The summed E-state index contributed by atoms with van der Waals surface area (Å²) in [6, 6.07) is 10.5. The minimum atomic E-state index is 0.884. The van der Waals surface area contributed by atoms with E-state index in [-0.39, 0.29) is 0 Å². The van der Waals surface area contributed by atoms with Gasteiger partial charge in [0.2, 0.25) is 0 Å². The number of rotatable bonds is 2. The van der Waals surface area contributed by atoms with Crippen LogP contribution < -0.4 is 0 Å². The van der Waals surface area contributed by atoms with Crippen molar-refractivity contribution in [2.75, 3.05) is 0 Å². The Morgan fingerprint density at radius 1 is 1.07 bits per heavy atom. The van der Waals surface area contributed by atoms with E-state index in [1.807, 2.05) is 12.1 Å². The van der Waals surface area contributed by atoms with Gasteiger partial charge in [-0.1, -0.05) is 29.3 Å². The zero-order chi connectivity index (χ0) is 9.97. The SMILES string of the molecule is Cc1cc(C)cc(Cc2ccco2)c1. The van der Waals surface area contributed by atoms with Crippen LogP contribution in [0.4, 0.5) is 0 Å². The Labute approximate surface area is 84.4 Å². The van der Waals surface area contributed by atoms with E-state index in [1.54, 1.807) is 6.26 Å². The van der Waals surface area contributed by atoms with Gasteiger partial charge in [0.1, 0.15) is 5.76 Å². The Morgan fingerprint density at radius 3 is 2.36 bits per heavy atom. The van der Waals surface area contributed by atoms with Crippen molar-refractivity contribution in [1.29, 1.82) is 0 Å². The minimum Gasteiger partial charge on any atom is -0.469 e. The molecule has 0 radical (unpaired) electrons. The van der Waals surface area contributed by atoms with Gasteiger partial charge in [0.25, 0.3) is 0 Å². The summed E-state index contributed by atoms with van der Waals surface area (Å²) in [5.74, 6) is 1.02. The third kappa shape index (κ3) is 2.05. The van der Waals surface area contributed by atoms with Gasteiger partial charge in [-0.25, -0.2) is 0 Å². The second-order valence-electron chi connectivity index (χ2n) is 3.75. The van der Waals surface area contributed by atoms with Gasteiger partial charge in [0.15, 0.2) is 0 Å². The Kier molecular flexibility index (Phi) is 2.40. The van der Waals surface area contributed by atoms with E-state index in [2.05, 4.69) is 32.0 Å². The molecule has 0 aliphatic rings. The lowest BCUT2D eigenvalue weighted by atomic mass is 10.0. The molecule has 0 amide bonds. The third-order valence-corrected chi connectivity index (χ3v) is 2.24. The number of furan rings is 1. The Hall–Kier alpha value is -1.50. The van der Waals surface area contributed by atoms with Crippen LogP contribution >= 0.6 is 0 Å². The molecule has 1 aromatic heterocycles. The van der Waals surface area contributed by atoms with Gasteiger partial charge in [-0.2, -0.15) is 0 Å². The van der Waals surface area contributed by atoms with Crippen LogP contribution in [0.1, 0.15) is 22.5 Å². The summed E-state index contributed by atoms with van der Waals surface area (Å²) in [5, 5.41) is 0. The highest BCUT2D eigenvalue weighted by Crippen LogP contribution is 2.13. The molecule has 0 aliphatic carbocycles. The number of aryl methyl sites for hydroxylation is 2. The van der Waals surface area contributed by atoms with Crippen LogP contribution in [-0.2, 0) is 6.42 Å². The first-order chi connectivity index (χ1) is 6.74. The third-order valence-electron chi connectivity index (χ3n) is 2.24. The topological polar surface area (TPSA) is 13.1 Å². The summed E-state index contributed by atoms with van der Waals surface area (Å²) in [7, 11) is 0. The van der Waals surface area contributed by atoms with Crippen LogP contribution in [0.25, 0.3) is 0 Å². The molecule has 0 N–H and O–H groups in total. The Morgan fingerprint density at radius 2 is 1.79 bits per heavy atom. The van der Waals surface area contributed by atoms with Crippen molar-refractivity contribution in [3.05, 3.63) is 59.0 Å². The van der Waals surface area contributed by atoms with Crippen LogP contribution in [-0.4, -0.2) is 0 Å². The molecule has 0 unspecified atom stereocenters. The van der Waals surface area contributed by atoms with Crippen molar-refractivity contribution in [2.24, 2.45) is 0 Å². The molecule has 0 atom stereocenters. The quantitative estimate of drug-likeness (QED) is 0.699. The molecule has 0 saturated carbocycles. The largest absolute Gasteiger partial charge is 0.469 e. The molecular weight excluding hydrogens is 172 g/mol. The molecule has 1 heterocycles. The van der Waals surface area contributed by atoms with E-state index in [1.165, 1.54) is 16.7 Å². The van der Waals surface area contributed by atoms with Crippen molar-refractivity contribution in [1.82, 2.24) is 0 Å². The van der Waals surface area contributed by atoms with Crippen LogP contribution in [0.5, 0.6) is 0 Å². The van der Waals surface area contributed by atoms with Gasteiger partial charge in [-0.15, -0.1) is 0 Å². The first-order valence-electron chi connectivity index (χ1n) is 4.83. The molecule has 0 bridgehead atoms. The molecule has 1 nitrogen and oxygen atoms in total. The van der Waals surface area contributed by atoms with Gasteiger partial charge in [0, 0.05) is 6.42 Å². The molecule has 0 fully saturated rings. The van der Waals surface area contributed by atoms with Crippen molar-refractivity contribution < 1.29 is 4.42 Å². The minimum absolute atomic E-state index is 0.884. The van der Waals surface area contributed by atoms with E-state index in [0.717, 1.165) is 12.2 Å². The maximum atomic E-state index is 5.32. The van der Waals surface area contributed by atoms with Crippen molar-refractivity contribution in [3.63, 3.8) is 0 Å². The Bertz CT molecular complexity index is 393. The van der Waals surface area contributed by atoms with Gasteiger partial charge >= 0.3 is 0 Å². The maximum Gasteiger partial charge on any atom is 0.108 e. The number of benzene rings is 1. The van der Waals surface area contributed by atoms with E-state index in [4.69, 9.17) is 4.42 Å². The van der Waals surface area contributed by atoms with Crippen LogP contribution in [0.15, 0.2) is 41.0 Å². The van der Waals surface area contributed by atoms with Crippen LogP contribution in [0, 0.1) is 13.8 Å². The van der Waals surface area contributed by atoms with Crippen LogP contribution in [0.3, 0.4) is 0 Å². The summed E-state index contributed by atoms with van der Waals surface area (Å²) in [6.07, 6.45) is 2.60. The zero-order valence-electron chi connectivity index (χ0n) is 8.58. The first kappa shape index (κ1) is 9.07. The molecule has 2 rings (SSSR count). The predicted molar refractivity (Wildman–Crippen MR) is 57.4 cm³/mol. The van der Waals surface area contributed by atoms with Crippen molar-refractivity contribution in [2.45, 2.75) is 20.3 Å². The van der Waals surface area contributed by atoms with Gasteiger partial charge in [-0.05, 0) is 31.5 Å². The van der Waals surface area contributed by atoms with E-state index in [9.17, 15) is 0 Å². The van der Waals surface area contributed by atoms with Gasteiger partial charge in [0.05, 0.1) is 6.26 Å². The smallest absolute Gasteiger partial charge is 0.108 e. The molecule has 72 valence electrons. The van der Waals surface area contributed by atoms with Gasteiger partial charge < -0.3 is 4.42 Å². The van der Waals surface area contributed by atoms with E-state index in [0.29, 0.717) is 0 Å². The predicted octanol–water partition coefficient (Wildman–Crippen LogP) is 3.49. The molecule has 1 aromatic carbocycles. The second kappa shape index (κ2) is 3.70. The van der Waals surface area contributed by atoms with Crippen molar-refractivity contribution >= 4 is 0 Å². The molecule has 2 aromatic rings.